The average molecular weight is 299 g/mol. The fourth-order valence-electron chi connectivity index (χ4n) is 2.05. The molecule has 20 heavy (non-hydrogen) atoms. The van der Waals surface area contributed by atoms with Gasteiger partial charge in [-0.1, -0.05) is 11.6 Å². The number of hydrogen-bond acceptors (Lipinski definition) is 5. The Balaban J connectivity index is 1.90. The molecule has 2 rings (SSSR count). The number of nitrogens with one attached hydrogen (secondary N) is 2. The number of hydrazine groups is 1. The molecule has 0 radical (unpaired) electrons. The number of methoxy groups -OCH3 is 1. The summed E-state index contributed by atoms with van der Waals surface area (Å²) in [6.07, 6.45) is 4.68. The molecule has 7 heteroatoms. The van der Waals surface area contributed by atoms with Crippen molar-refractivity contribution < 1.29 is 9.53 Å². The quantitative estimate of drug-likeness (QED) is 0.525. The number of carbonyl (C=O) groups is 1. The Hall–Kier alpha value is -1.37. The summed E-state index contributed by atoms with van der Waals surface area (Å²) in [7, 11) is 1.69. The van der Waals surface area contributed by atoms with Crippen LogP contribution < -0.4 is 16.6 Å². The number of rotatable bonds is 7. The van der Waals surface area contributed by atoms with E-state index in [9.17, 15) is 4.79 Å². The zero-order valence-electron chi connectivity index (χ0n) is 11.4. The van der Waals surface area contributed by atoms with Crippen LogP contribution in [0.4, 0.5) is 5.82 Å². The van der Waals surface area contributed by atoms with Gasteiger partial charge in [-0.25, -0.2) is 10.8 Å². The molecule has 0 aliphatic heterocycles. The number of halogens is 1. The molecule has 1 aromatic rings. The zero-order valence-corrected chi connectivity index (χ0v) is 12.2. The molecule has 1 heterocycles. The van der Waals surface area contributed by atoms with E-state index in [1.54, 1.807) is 13.2 Å². The summed E-state index contributed by atoms with van der Waals surface area (Å²) in [4.78, 5) is 16.0. The van der Waals surface area contributed by atoms with E-state index in [1.165, 1.54) is 6.20 Å². The molecule has 0 atom stereocenters. The van der Waals surface area contributed by atoms with Gasteiger partial charge in [0.15, 0.2) is 5.82 Å². The van der Waals surface area contributed by atoms with Gasteiger partial charge >= 0.3 is 0 Å². The Morgan fingerprint density at radius 1 is 1.60 bits per heavy atom. The van der Waals surface area contributed by atoms with Crippen LogP contribution in [0.1, 0.15) is 29.6 Å². The van der Waals surface area contributed by atoms with Gasteiger partial charge in [-0.3, -0.25) is 4.79 Å². The zero-order chi connectivity index (χ0) is 14.6. The maximum absolute atomic E-state index is 12.1. The lowest BCUT2D eigenvalue weighted by molar-refractivity contribution is 0.0937. The lowest BCUT2D eigenvalue weighted by Crippen LogP contribution is -2.31. The topological polar surface area (TPSA) is 89.3 Å². The Kier molecular flexibility index (Phi) is 4.80. The van der Waals surface area contributed by atoms with E-state index in [2.05, 4.69) is 15.7 Å². The second kappa shape index (κ2) is 6.39. The number of pyridine rings is 1. The standard InChI is InChI=1S/C13H19ClN4O2/c1-20-5-4-13(2-3-13)8-17-12(19)9-6-10(14)11(18-15)16-7-9/h6-7H,2-5,8,15H2,1H3,(H,16,18)(H,17,19). The van der Waals surface area contributed by atoms with Crippen molar-refractivity contribution in [2.45, 2.75) is 19.3 Å². The number of nitrogens with two attached hydrogens (primary N) is 1. The molecular formula is C13H19ClN4O2. The highest BCUT2D eigenvalue weighted by atomic mass is 35.5. The fraction of sp³-hybridized carbons (Fsp3) is 0.538. The number of carbonyl (C=O) groups excluding carboxylic acids is 1. The Morgan fingerprint density at radius 2 is 2.35 bits per heavy atom. The largest absolute Gasteiger partial charge is 0.385 e. The normalized spacial score (nSPS) is 15.8. The van der Waals surface area contributed by atoms with Crippen molar-refractivity contribution in [1.29, 1.82) is 0 Å². The maximum Gasteiger partial charge on any atom is 0.252 e. The number of nitrogen functional groups attached to an aromatic ring is 1. The molecule has 0 saturated heterocycles. The van der Waals surface area contributed by atoms with Crippen LogP contribution in [-0.2, 0) is 4.74 Å². The van der Waals surface area contributed by atoms with E-state index in [1.807, 2.05) is 0 Å². The molecule has 1 aliphatic carbocycles. The number of nitrogens with zero attached hydrogens (tertiary/aromatic N) is 1. The first-order chi connectivity index (χ1) is 9.60. The molecule has 0 aromatic carbocycles. The summed E-state index contributed by atoms with van der Waals surface area (Å²) in [5.41, 5.74) is 3.00. The van der Waals surface area contributed by atoms with Crippen LogP contribution in [0, 0.1) is 5.41 Å². The molecule has 1 amide bonds. The van der Waals surface area contributed by atoms with E-state index in [0.717, 1.165) is 25.9 Å². The average Bonchev–Trinajstić information content (AvgIpc) is 3.23. The van der Waals surface area contributed by atoms with Gasteiger partial charge in [-0.05, 0) is 30.7 Å². The van der Waals surface area contributed by atoms with Gasteiger partial charge in [0.05, 0.1) is 10.6 Å². The third-order valence-corrected chi connectivity index (χ3v) is 3.95. The summed E-state index contributed by atoms with van der Waals surface area (Å²) in [6, 6.07) is 1.55. The number of amides is 1. The highest BCUT2D eigenvalue weighted by Crippen LogP contribution is 2.48. The first kappa shape index (κ1) is 15.0. The van der Waals surface area contributed by atoms with Crippen LogP contribution in [0.3, 0.4) is 0 Å². The van der Waals surface area contributed by atoms with Gasteiger partial charge in [0.25, 0.3) is 5.91 Å². The summed E-state index contributed by atoms with van der Waals surface area (Å²) in [5, 5.41) is 3.25. The van der Waals surface area contributed by atoms with Gasteiger partial charge in [0.2, 0.25) is 0 Å². The Bertz CT molecular complexity index is 491. The van der Waals surface area contributed by atoms with Crippen LogP contribution in [0.15, 0.2) is 12.3 Å². The lowest BCUT2D eigenvalue weighted by atomic mass is 10.0. The van der Waals surface area contributed by atoms with Crippen LogP contribution in [0.2, 0.25) is 5.02 Å². The minimum Gasteiger partial charge on any atom is -0.385 e. The van der Waals surface area contributed by atoms with Crippen LogP contribution in [0.25, 0.3) is 0 Å². The Morgan fingerprint density at radius 3 is 2.90 bits per heavy atom. The van der Waals surface area contributed by atoms with E-state index >= 15 is 0 Å². The van der Waals surface area contributed by atoms with Gasteiger partial charge in [-0.15, -0.1) is 0 Å². The number of anilines is 1. The molecule has 1 fully saturated rings. The molecule has 1 saturated carbocycles. The first-order valence-corrected chi connectivity index (χ1v) is 6.87. The van der Waals surface area contributed by atoms with E-state index < -0.39 is 0 Å². The third kappa shape index (κ3) is 3.59. The predicted octanol–water partition coefficient (Wildman–Crippen LogP) is 1.57. The van der Waals surface area contributed by atoms with Gasteiger partial charge in [-0.2, -0.15) is 0 Å². The van der Waals surface area contributed by atoms with Crippen molar-refractivity contribution >= 4 is 23.3 Å². The van der Waals surface area contributed by atoms with Crippen molar-refractivity contribution in [1.82, 2.24) is 10.3 Å². The number of hydrogen-bond donors (Lipinski definition) is 3. The molecule has 1 aliphatic rings. The molecule has 6 nitrogen and oxygen atoms in total. The van der Waals surface area contributed by atoms with Crippen LogP contribution >= 0.6 is 11.6 Å². The van der Waals surface area contributed by atoms with E-state index in [0.29, 0.717) is 22.9 Å². The molecule has 1 aromatic heterocycles. The maximum atomic E-state index is 12.1. The number of aromatic nitrogens is 1. The van der Waals surface area contributed by atoms with E-state index in [-0.39, 0.29) is 11.3 Å². The summed E-state index contributed by atoms with van der Waals surface area (Å²) < 4.78 is 5.09. The summed E-state index contributed by atoms with van der Waals surface area (Å²) in [5.74, 6) is 5.41. The number of ether oxygens (including phenoxy) is 1. The second-order valence-electron chi connectivity index (χ2n) is 5.12. The second-order valence-corrected chi connectivity index (χ2v) is 5.53. The van der Waals surface area contributed by atoms with Gasteiger partial charge in [0, 0.05) is 26.5 Å². The predicted molar refractivity (Wildman–Crippen MR) is 77.6 cm³/mol. The smallest absolute Gasteiger partial charge is 0.252 e. The van der Waals surface area contributed by atoms with Crippen LogP contribution in [-0.4, -0.2) is 31.2 Å². The minimum absolute atomic E-state index is 0.174. The Labute approximate surface area is 123 Å². The summed E-state index contributed by atoms with van der Waals surface area (Å²) >= 11 is 5.94. The molecule has 0 unspecified atom stereocenters. The van der Waals surface area contributed by atoms with Gasteiger partial charge < -0.3 is 15.5 Å². The molecule has 110 valence electrons. The van der Waals surface area contributed by atoms with E-state index in [4.69, 9.17) is 22.2 Å². The molecule has 0 bridgehead atoms. The lowest BCUT2D eigenvalue weighted by Gasteiger charge is -2.15. The molecule has 4 N–H and O–H groups in total. The monoisotopic (exact) mass is 298 g/mol. The summed E-state index contributed by atoms with van der Waals surface area (Å²) in [6.45, 7) is 1.38. The van der Waals surface area contributed by atoms with Crippen molar-refractivity contribution in [3.05, 3.63) is 22.8 Å². The third-order valence-electron chi connectivity index (χ3n) is 3.66. The highest BCUT2D eigenvalue weighted by molar-refractivity contribution is 6.33. The highest BCUT2D eigenvalue weighted by Gasteiger charge is 2.42. The minimum atomic E-state index is -0.174. The van der Waals surface area contributed by atoms with Crippen molar-refractivity contribution in [2.75, 3.05) is 25.7 Å². The van der Waals surface area contributed by atoms with Crippen LogP contribution in [0.5, 0.6) is 0 Å². The fourth-order valence-corrected chi connectivity index (χ4v) is 2.27. The van der Waals surface area contributed by atoms with Crippen molar-refractivity contribution in [3.63, 3.8) is 0 Å². The molecule has 0 spiro atoms. The van der Waals surface area contributed by atoms with Crippen molar-refractivity contribution in [2.24, 2.45) is 11.3 Å². The first-order valence-electron chi connectivity index (χ1n) is 6.49. The molecular weight excluding hydrogens is 280 g/mol. The van der Waals surface area contributed by atoms with Gasteiger partial charge in [0.1, 0.15) is 0 Å². The van der Waals surface area contributed by atoms with Crippen molar-refractivity contribution in [3.8, 4) is 0 Å². The SMILES string of the molecule is COCCC1(CNC(=O)c2cnc(NN)c(Cl)c2)CC1.